The fourth-order valence-electron chi connectivity index (χ4n) is 5.96. The molecule has 5 rings (SSSR count). The summed E-state index contributed by atoms with van der Waals surface area (Å²) < 4.78 is 6.00. The van der Waals surface area contributed by atoms with Crippen LogP contribution < -0.4 is 9.64 Å². The molecule has 6 heteroatoms. The number of anilines is 1. The number of hydrogen-bond acceptors (Lipinski definition) is 6. The van der Waals surface area contributed by atoms with Crippen molar-refractivity contribution in [3.63, 3.8) is 0 Å². The lowest BCUT2D eigenvalue weighted by Gasteiger charge is -2.50. The molecule has 172 valence electrons. The molecule has 0 bridgehead atoms. The summed E-state index contributed by atoms with van der Waals surface area (Å²) >= 11 is 0. The van der Waals surface area contributed by atoms with Crippen LogP contribution in [0.1, 0.15) is 57.4 Å². The normalized spacial score (nSPS) is 24.0. The highest BCUT2D eigenvalue weighted by Crippen LogP contribution is 2.49. The van der Waals surface area contributed by atoms with Crippen LogP contribution in [0.15, 0.2) is 43.0 Å². The molecule has 1 saturated carbocycles. The standard InChI is InChI=1S/C26H36N4O2/c1-25(2,31)18-32-24-6-4-3-5-23(24)20-8-11-29(12-9-20)21-7-10-26(13-21)16-30(17-26)22-14-27-19-28-15-22/h3-6,14-15,19-21,31H,7-13,16-18H2,1-2H3/t21-/m1/s1. The third-order valence-electron chi connectivity index (χ3n) is 7.63. The second-order valence-electron chi connectivity index (χ2n) is 10.8. The number of aliphatic hydroxyl groups is 1. The molecule has 2 saturated heterocycles. The van der Waals surface area contributed by atoms with Crippen molar-refractivity contribution >= 4 is 5.69 Å². The van der Waals surface area contributed by atoms with Gasteiger partial charge in [-0.25, -0.2) is 9.97 Å². The minimum Gasteiger partial charge on any atom is -0.490 e. The van der Waals surface area contributed by atoms with Crippen molar-refractivity contribution < 1.29 is 9.84 Å². The second-order valence-corrected chi connectivity index (χ2v) is 10.8. The molecule has 0 amide bonds. The quantitative estimate of drug-likeness (QED) is 0.742. The van der Waals surface area contributed by atoms with Crippen LogP contribution in [0, 0.1) is 5.41 Å². The molecule has 0 radical (unpaired) electrons. The van der Waals surface area contributed by atoms with E-state index in [1.54, 1.807) is 20.2 Å². The van der Waals surface area contributed by atoms with E-state index in [1.165, 1.54) is 50.8 Å². The first-order chi connectivity index (χ1) is 15.4. The highest BCUT2D eigenvalue weighted by atomic mass is 16.5. The number of nitrogens with zero attached hydrogens (tertiary/aromatic N) is 4. The van der Waals surface area contributed by atoms with Gasteiger partial charge in [0.05, 0.1) is 23.7 Å². The van der Waals surface area contributed by atoms with Crippen molar-refractivity contribution in [3.8, 4) is 5.75 Å². The monoisotopic (exact) mass is 436 g/mol. The van der Waals surface area contributed by atoms with Gasteiger partial charge in [-0.05, 0) is 76.6 Å². The van der Waals surface area contributed by atoms with Crippen LogP contribution >= 0.6 is 0 Å². The number of aromatic nitrogens is 2. The van der Waals surface area contributed by atoms with Gasteiger partial charge in [0.15, 0.2) is 0 Å². The van der Waals surface area contributed by atoms with Crippen molar-refractivity contribution in [3.05, 3.63) is 48.5 Å². The van der Waals surface area contributed by atoms with Gasteiger partial charge in [0.1, 0.15) is 18.7 Å². The average Bonchev–Trinajstić information content (AvgIpc) is 3.23. The van der Waals surface area contributed by atoms with Gasteiger partial charge in [0.2, 0.25) is 0 Å². The van der Waals surface area contributed by atoms with E-state index in [0.717, 1.165) is 30.6 Å². The fraction of sp³-hybridized carbons (Fsp3) is 0.615. The summed E-state index contributed by atoms with van der Waals surface area (Å²) in [4.78, 5) is 13.5. The Morgan fingerprint density at radius 2 is 1.81 bits per heavy atom. The van der Waals surface area contributed by atoms with Crippen molar-refractivity contribution in [1.29, 1.82) is 0 Å². The molecule has 1 spiro atoms. The predicted octanol–water partition coefficient (Wildman–Crippen LogP) is 3.86. The van der Waals surface area contributed by atoms with Crippen molar-refractivity contribution in [2.75, 3.05) is 37.7 Å². The van der Waals surface area contributed by atoms with Crippen LogP contribution in [0.2, 0.25) is 0 Å². The zero-order valence-corrected chi connectivity index (χ0v) is 19.4. The summed E-state index contributed by atoms with van der Waals surface area (Å²) in [6.07, 6.45) is 11.8. The molecule has 0 unspecified atom stereocenters. The zero-order chi connectivity index (χ0) is 22.2. The number of piperidine rings is 1. The summed E-state index contributed by atoms with van der Waals surface area (Å²) in [6.45, 7) is 8.54. The van der Waals surface area contributed by atoms with Gasteiger partial charge in [-0.3, -0.25) is 0 Å². The molecule has 1 N–H and O–H groups in total. The van der Waals surface area contributed by atoms with Crippen LogP contribution in [0.25, 0.3) is 0 Å². The summed E-state index contributed by atoms with van der Waals surface area (Å²) in [5.41, 5.74) is 2.14. The highest BCUT2D eigenvalue weighted by Gasteiger charge is 2.49. The lowest BCUT2D eigenvalue weighted by molar-refractivity contribution is 0.0278. The molecule has 1 aliphatic carbocycles. The Morgan fingerprint density at radius 3 is 2.53 bits per heavy atom. The maximum Gasteiger partial charge on any atom is 0.122 e. The molecule has 1 atom stereocenters. The van der Waals surface area contributed by atoms with Crippen LogP contribution in [0.5, 0.6) is 5.75 Å². The van der Waals surface area contributed by atoms with Gasteiger partial charge in [-0.1, -0.05) is 18.2 Å². The lowest BCUT2D eigenvalue weighted by atomic mass is 9.77. The Balaban J connectivity index is 1.14. The Bertz CT molecular complexity index is 900. The minimum atomic E-state index is -0.820. The molecule has 2 aromatic rings. The number of hydrogen-bond donors (Lipinski definition) is 1. The first-order valence-corrected chi connectivity index (χ1v) is 12.1. The van der Waals surface area contributed by atoms with Gasteiger partial charge >= 0.3 is 0 Å². The van der Waals surface area contributed by atoms with Gasteiger partial charge < -0.3 is 19.6 Å². The van der Waals surface area contributed by atoms with E-state index in [-0.39, 0.29) is 0 Å². The largest absolute Gasteiger partial charge is 0.490 e. The van der Waals surface area contributed by atoms with Gasteiger partial charge in [0.25, 0.3) is 0 Å². The average molecular weight is 437 g/mol. The van der Waals surface area contributed by atoms with Gasteiger partial charge in [-0.2, -0.15) is 0 Å². The van der Waals surface area contributed by atoms with E-state index in [4.69, 9.17) is 4.74 Å². The molecule has 6 nitrogen and oxygen atoms in total. The second kappa shape index (κ2) is 8.64. The maximum absolute atomic E-state index is 10.0. The first kappa shape index (κ1) is 21.7. The van der Waals surface area contributed by atoms with Crippen LogP contribution in [0.3, 0.4) is 0 Å². The Kier molecular flexibility index (Phi) is 5.84. The summed E-state index contributed by atoms with van der Waals surface area (Å²) in [5, 5.41) is 10.0. The van der Waals surface area contributed by atoms with E-state index in [9.17, 15) is 5.11 Å². The molecule has 32 heavy (non-hydrogen) atoms. The van der Waals surface area contributed by atoms with Crippen molar-refractivity contribution in [2.24, 2.45) is 5.41 Å². The molecular formula is C26H36N4O2. The van der Waals surface area contributed by atoms with E-state index >= 15 is 0 Å². The van der Waals surface area contributed by atoms with Crippen LogP contribution in [-0.4, -0.2) is 64.4 Å². The summed E-state index contributed by atoms with van der Waals surface area (Å²) in [5.74, 6) is 1.48. The highest BCUT2D eigenvalue weighted by molar-refractivity contribution is 5.46. The predicted molar refractivity (Wildman–Crippen MR) is 126 cm³/mol. The number of para-hydroxylation sites is 1. The van der Waals surface area contributed by atoms with Crippen LogP contribution in [-0.2, 0) is 0 Å². The topological polar surface area (TPSA) is 61.7 Å². The summed E-state index contributed by atoms with van der Waals surface area (Å²) in [7, 11) is 0. The number of likely N-dealkylation sites (tertiary alicyclic amines) is 1. The number of benzene rings is 1. The van der Waals surface area contributed by atoms with Gasteiger partial charge in [-0.15, -0.1) is 0 Å². The lowest BCUT2D eigenvalue weighted by Crippen LogP contribution is -2.56. The van der Waals surface area contributed by atoms with Crippen molar-refractivity contribution in [2.45, 2.75) is 63.5 Å². The minimum absolute atomic E-state index is 0.319. The number of ether oxygens (including phenoxy) is 1. The van der Waals surface area contributed by atoms with Gasteiger partial charge in [0, 0.05) is 24.5 Å². The first-order valence-electron chi connectivity index (χ1n) is 12.1. The SMILES string of the molecule is CC(C)(O)COc1ccccc1C1CCN([C@@H]2CCC3(C2)CN(c2cncnc2)C3)CC1. The van der Waals surface area contributed by atoms with E-state index in [2.05, 4.69) is 31.9 Å². The van der Waals surface area contributed by atoms with Crippen LogP contribution in [0.4, 0.5) is 5.69 Å². The molecule has 1 aromatic carbocycles. The molecule has 2 aliphatic heterocycles. The molecular weight excluding hydrogens is 400 g/mol. The Morgan fingerprint density at radius 1 is 1.09 bits per heavy atom. The third-order valence-corrected chi connectivity index (χ3v) is 7.63. The van der Waals surface area contributed by atoms with E-state index < -0.39 is 5.60 Å². The number of rotatable bonds is 6. The zero-order valence-electron chi connectivity index (χ0n) is 19.4. The molecule has 3 aliphatic rings. The van der Waals surface area contributed by atoms with E-state index in [0.29, 0.717) is 17.9 Å². The molecule has 3 fully saturated rings. The van der Waals surface area contributed by atoms with Crippen molar-refractivity contribution in [1.82, 2.24) is 14.9 Å². The summed E-state index contributed by atoms with van der Waals surface area (Å²) in [6, 6.07) is 9.13. The Hall–Kier alpha value is -2.18. The fourth-order valence-corrected chi connectivity index (χ4v) is 5.96. The third kappa shape index (κ3) is 4.62. The smallest absolute Gasteiger partial charge is 0.122 e. The van der Waals surface area contributed by atoms with E-state index in [1.807, 2.05) is 24.5 Å². The molecule has 3 heterocycles. The Labute approximate surface area is 191 Å². The maximum atomic E-state index is 10.0. The molecule has 1 aromatic heterocycles.